The van der Waals surface area contributed by atoms with Crippen molar-refractivity contribution >= 4 is 27.8 Å². The third-order valence-corrected chi connectivity index (χ3v) is 6.62. The Hall–Kier alpha value is -2.57. The first-order valence-electron chi connectivity index (χ1n) is 10.4. The first-order valence-corrected chi connectivity index (χ1v) is 11.9. The summed E-state index contributed by atoms with van der Waals surface area (Å²) >= 11 is 0. The number of halogens is 1. The minimum Gasteiger partial charge on any atom is -0.480 e. The van der Waals surface area contributed by atoms with Gasteiger partial charge in [-0.2, -0.15) is 4.72 Å². The van der Waals surface area contributed by atoms with Crippen LogP contribution in [0.1, 0.15) is 32.1 Å². The van der Waals surface area contributed by atoms with Gasteiger partial charge in [0.15, 0.2) is 0 Å². The predicted octanol–water partition coefficient (Wildman–Crippen LogP) is -0.0405. The number of piperidine rings is 1. The SMILES string of the molecule is O=C(CCC1CCNCC1)NCCC(=O)NC[C@H](NS(=O)(=O)c1ccc(F)cc1)C(=O)O. The maximum atomic E-state index is 13.0. The lowest BCUT2D eigenvalue weighted by Gasteiger charge is -2.22. The lowest BCUT2D eigenvalue weighted by atomic mass is 9.93. The van der Waals surface area contributed by atoms with E-state index in [1.54, 1.807) is 0 Å². The zero-order chi connectivity index (χ0) is 23.6. The molecular weight excluding hydrogens is 443 g/mol. The van der Waals surface area contributed by atoms with Crippen LogP contribution in [-0.2, 0) is 24.4 Å². The topological polar surface area (TPSA) is 154 Å². The van der Waals surface area contributed by atoms with Crippen LogP contribution in [0.3, 0.4) is 0 Å². The fourth-order valence-electron chi connectivity index (χ4n) is 3.26. The van der Waals surface area contributed by atoms with Gasteiger partial charge in [-0.25, -0.2) is 12.8 Å². The molecule has 32 heavy (non-hydrogen) atoms. The number of amides is 2. The van der Waals surface area contributed by atoms with Crippen molar-refractivity contribution in [1.29, 1.82) is 0 Å². The molecule has 1 aliphatic rings. The largest absolute Gasteiger partial charge is 0.480 e. The van der Waals surface area contributed by atoms with Crippen molar-refractivity contribution < 1.29 is 32.3 Å². The third kappa shape index (κ3) is 8.89. The quantitative estimate of drug-likeness (QED) is 0.286. The minimum absolute atomic E-state index is 0.0733. The van der Waals surface area contributed by atoms with Crippen molar-refractivity contribution in [3.05, 3.63) is 30.1 Å². The van der Waals surface area contributed by atoms with Crippen LogP contribution in [0.25, 0.3) is 0 Å². The molecule has 0 aromatic heterocycles. The van der Waals surface area contributed by atoms with Crippen LogP contribution >= 0.6 is 0 Å². The maximum absolute atomic E-state index is 13.0. The molecule has 12 heteroatoms. The van der Waals surface area contributed by atoms with Crippen LogP contribution in [-0.4, -0.2) is 63.5 Å². The lowest BCUT2D eigenvalue weighted by molar-refractivity contribution is -0.138. The molecule has 5 N–H and O–H groups in total. The monoisotopic (exact) mass is 472 g/mol. The second kappa shape index (κ2) is 12.5. The number of sulfonamides is 1. The highest BCUT2D eigenvalue weighted by Gasteiger charge is 2.26. The molecule has 1 saturated heterocycles. The summed E-state index contributed by atoms with van der Waals surface area (Å²) in [5.41, 5.74) is 0. The summed E-state index contributed by atoms with van der Waals surface area (Å²) in [6.45, 7) is 1.53. The summed E-state index contributed by atoms with van der Waals surface area (Å²) in [6, 6.07) is 2.26. The van der Waals surface area contributed by atoms with E-state index in [1.807, 2.05) is 4.72 Å². The average molecular weight is 473 g/mol. The third-order valence-electron chi connectivity index (χ3n) is 5.14. The molecule has 1 heterocycles. The molecule has 1 aromatic rings. The number of benzene rings is 1. The second-order valence-electron chi connectivity index (χ2n) is 7.60. The number of carbonyl (C=O) groups excluding carboxylic acids is 2. The normalized spacial score (nSPS) is 15.7. The summed E-state index contributed by atoms with van der Waals surface area (Å²) in [6.07, 6.45) is 3.21. The molecule has 0 unspecified atom stereocenters. The number of hydrogen-bond acceptors (Lipinski definition) is 6. The number of carboxylic acids is 1. The molecule has 1 fully saturated rings. The highest BCUT2D eigenvalue weighted by atomic mass is 32.2. The highest BCUT2D eigenvalue weighted by molar-refractivity contribution is 7.89. The van der Waals surface area contributed by atoms with Gasteiger partial charge in [-0.15, -0.1) is 0 Å². The Kier molecular flexibility index (Phi) is 10.0. The second-order valence-corrected chi connectivity index (χ2v) is 9.32. The van der Waals surface area contributed by atoms with Crippen molar-refractivity contribution in [1.82, 2.24) is 20.7 Å². The Morgan fingerprint density at radius 1 is 1.06 bits per heavy atom. The van der Waals surface area contributed by atoms with Gasteiger partial charge >= 0.3 is 5.97 Å². The number of aliphatic carboxylic acids is 1. The maximum Gasteiger partial charge on any atom is 0.323 e. The van der Waals surface area contributed by atoms with Crippen molar-refractivity contribution in [2.45, 2.75) is 43.0 Å². The molecule has 0 saturated carbocycles. The molecule has 1 atom stereocenters. The minimum atomic E-state index is -4.22. The van der Waals surface area contributed by atoms with E-state index >= 15 is 0 Å². The van der Waals surface area contributed by atoms with Crippen LogP contribution in [0.15, 0.2) is 29.2 Å². The fraction of sp³-hybridized carbons (Fsp3) is 0.550. The van der Waals surface area contributed by atoms with E-state index in [0.717, 1.165) is 56.6 Å². The van der Waals surface area contributed by atoms with Gasteiger partial charge in [-0.05, 0) is 62.5 Å². The molecule has 1 aromatic carbocycles. The number of rotatable bonds is 12. The summed E-state index contributed by atoms with van der Waals surface area (Å²) in [7, 11) is -4.22. The number of hydrogen-bond donors (Lipinski definition) is 5. The van der Waals surface area contributed by atoms with Crippen molar-refractivity contribution in [2.75, 3.05) is 26.2 Å². The van der Waals surface area contributed by atoms with Gasteiger partial charge in [0, 0.05) is 25.9 Å². The van der Waals surface area contributed by atoms with E-state index in [1.165, 1.54) is 0 Å². The molecular formula is C20H29FN4O6S. The summed E-state index contributed by atoms with van der Waals surface area (Å²) in [5.74, 6) is -2.27. The Labute approximate surface area is 186 Å². The fourth-order valence-corrected chi connectivity index (χ4v) is 4.45. The van der Waals surface area contributed by atoms with Crippen LogP contribution in [0.4, 0.5) is 4.39 Å². The van der Waals surface area contributed by atoms with Gasteiger partial charge in [0.2, 0.25) is 21.8 Å². The van der Waals surface area contributed by atoms with E-state index in [0.29, 0.717) is 12.3 Å². The molecule has 0 bridgehead atoms. The van der Waals surface area contributed by atoms with E-state index < -0.39 is 40.3 Å². The Bertz CT molecular complexity index is 888. The molecule has 1 aliphatic heterocycles. The van der Waals surface area contributed by atoms with E-state index in [-0.39, 0.29) is 23.8 Å². The van der Waals surface area contributed by atoms with Gasteiger partial charge in [0.05, 0.1) is 4.90 Å². The van der Waals surface area contributed by atoms with Crippen LogP contribution < -0.4 is 20.7 Å². The Balaban J connectivity index is 1.71. The zero-order valence-electron chi connectivity index (χ0n) is 17.6. The van der Waals surface area contributed by atoms with Crippen LogP contribution in [0.2, 0.25) is 0 Å². The van der Waals surface area contributed by atoms with Gasteiger partial charge in [0.1, 0.15) is 11.9 Å². The lowest BCUT2D eigenvalue weighted by Crippen LogP contribution is -2.48. The van der Waals surface area contributed by atoms with Gasteiger partial charge in [-0.1, -0.05) is 0 Å². The zero-order valence-corrected chi connectivity index (χ0v) is 18.4. The summed E-state index contributed by atoms with van der Waals surface area (Å²) in [5, 5.41) is 17.5. The summed E-state index contributed by atoms with van der Waals surface area (Å²) in [4.78, 5) is 34.9. The predicted molar refractivity (Wildman–Crippen MR) is 114 cm³/mol. The van der Waals surface area contributed by atoms with Crippen LogP contribution in [0, 0.1) is 11.7 Å². The van der Waals surface area contributed by atoms with Crippen LogP contribution in [0.5, 0.6) is 0 Å². The first kappa shape index (κ1) is 25.7. The molecule has 2 rings (SSSR count). The molecule has 2 amide bonds. The number of nitrogens with one attached hydrogen (secondary N) is 4. The Morgan fingerprint density at radius 2 is 1.69 bits per heavy atom. The first-order chi connectivity index (χ1) is 15.2. The van der Waals surface area contributed by atoms with Gasteiger partial charge in [-0.3, -0.25) is 14.4 Å². The van der Waals surface area contributed by atoms with E-state index in [9.17, 15) is 32.3 Å². The molecule has 0 spiro atoms. The van der Waals surface area contributed by atoms with Crippen molar-refractivity contribution in [3.8, 4) is 0 Å². The smallest absolute Gasteiger partial charge is 0.323 e. The molecule has 178 valence electrons. The Morgan fingerprint density at radius 3 is 2.31 bits per heavy atom. The highest BCUT2D eigenvalue weighted by Crippen LogP contribution is 2.17. The van der Waals surface area contributed by atoms with E-state index in [2.05, 4.69) is 16.0 Å². The van der Waals surface area contributed by atoms with Crippen molar-refractivity contribution in [3.63, 3.8) is 0 Å². The van der Waals surface area contributed by atoms with Gasteiger partial charge in [0.25, 0.3) is 0 Å². The molecule has 10 nitrogen and oxygen atoms in total. The standard InChI is InChI=1S/C20H29FN4O6S/c21-15-2-4-16(5-3-15)32(30,31)25-17(20(28)29)13-24-19(27)9-12-23-18(26)6-1-14-7-10-22-11-8-14/h2-5,14,17,22,25H,1,6-13H2,(H,23,26)(H,24,27)(H,28,29)/t17-/m0/s1. The van der Waals surface area contributed by atoms with Crippen molar-refractivity contribution in [2.24, 2.45) is 5.92 Å². The van der Waals surface area contributed by atoms with E-state index in [4.69, 9.17) is 0 Å². The molecule has 0 aliphatic carbocycles. The molecule has 0 radical (unpaired) electrons. The number of carbonyl (C=O) groups is 3. The number of carboxylic acid groups (broad SMARTS) is 1. The average Bonchev–Trinajstić information content (AvgIpc) is 2.76. The summed E-state index contributed by atoms with van der Waals surface area (Å²) < 4.78 is 39.5. The van der Waals surface area contributed by atoms with Gasteiger partial charge < -0.3 is 21.1 Å².